The lowest BCUT2D eigenvalue weighted by Gasteiger charge is -2.20. The number of carbonyl (C=O) groups is 2. The van der Waals surface area contributed by atoms with Crippen LogP contribution >= 0.6 is 0 Å². The standard InChI is InChI=1S/C22H23N3O4/c1-3-14(2)21(22(28)29)23-19(26)13-25-20(27)11-10-18(24-25)17-9-8-15-6-4-5-7-16(15)12-17/h4-12,14,21H,3,13H2,1-2H3,(H,23,26)(H,28,29). The summed E-state index contributed by atoms with van der Waals surface area (Å²) >= 11 is 0. The van der Waals surface area contributed by atoms with Gasteiger partial charge in [0.1, 0.15) is 12.6 Å². The van der Waals surface area contributed by atoms with Crippen molar-refractivity contribution in [3.8, 4) is 11.3 Å². The first kappa shape index (κ1) is 20.3. The van der Waals surface area contributed by atoms with Gasteiger partial charge in [-0.25, -0.2) is 9.48 Å². The summed E-state index contributed by atoms with van der Waals surface area (Å²) in [6, 6.07) is 15.7. The van der Waals surface area contributed by atoms with Gasteiger partial charge in [0.2, 0.25) is 5.91 Å². The van der Waals surface area contributed by atoms with Crippen LogP contribution in [0.5, 0.6) is 0 Å². The van der Waals surface area contributed by atoms with E-state index in [0.29, 0.717) is 12.1 Å². The van der Waals surface area contributed by atoms with Gasteiger partial charge >= 0.3 is 5.97 Å². The Morgan fingerprint density at radius 3 is 2.52 bits per heavy atom. The van der Waals surface area contributed by atoms with Crippen molar-refractivity contribution >= 4 is 22.6 Å². The number of aromatic nitrogens is 2. The van der Waals surface area contributed by atoms with Crippen LogP contribution in [0.1, 0.15) is 20.3 Å². The van der Waals surface area contributed by atoms with Crippen LogP contribution in [0.2, 0.25) is 0 Å². The number of aliphatic carboxylic acids is 1. The van der Waals surface area contributed by atoms with Crippen LogP contribution < -0.4 is 10.9 Å². The summed E-state index contributed by atoms with van der Waals surface area (Å²) in [4.78, 5) is 35.9. The number of amides is 1. The van der Waals surface area contributed by atoms with Crippen molar-refractivity contribution in [2.45, 2.75) is 32.9 Å². The second-order valence-corrected chi connectivity index (χ2v) is 7.05. The molecule has 3 aromatic rings. The van der Waals surface area contributed by atoms with E-state index in [0.717, 1.165) is 21.0 Å². The molecule has 29 heavy (non-hydrogen) atoms. The largest absolute Gasteiger partial charge is 0.480 e. The van der Waals surface area contributed by atoms with Crippen molar-refractivity contribution in [2.75, 3.05) is 0 Å². The van der Waals surface area contributed by atoms with Gasteiger partial charge in [-0.2, -0.15) is 5.10 Å². The topological polar surface area (TPSA) is 101 Å². The molecule has 0 bridgehead atoms. The van der Waals surface area contributed by atoms with Gasteiger partial charge in [0.15, 0.2) is 0 Å². The quantitative estimate of drug-likeness (QED) is 0.643. The van der Waals surface area contributed by atoms with Crippen molar-refractivity contribution < 1.29 is 14.7 Å². The van der Waals surface area contributed by atoms with Crippen molar-refractivity contribution in [3.05, 3.63) is 65.0 Å². The molecule has 7 heteroatoms. The fraction of sp³-hybridized carbons (Fsp3) is 0.273. The molecule has 0 aliphatic heterocycles. The number of carboxylic acid groups (broad SMARTS) is 1. The molecule has 0 saturated carbocycles. The summed E-state index contributed by atoms with van der Waals surface area (Å²) in [6.07, 6.45) is 0.604. The molecule has 0 aliphatic rings. The van der Waals surface area contributed by atoms with Crippen LogP contribution in [0.4, 0.5) is 0 Å². The van der Waals surface area contributed by atoms with Crippen LogP contribution in [-0.2, 0) is 16.1 Å². The van der Waals surface area contributed by atoms with Gasteiger partial charge in [-0.3, -0.25) is 9.59 Å². The van der Waals surface area contributed by atoms with Gasteiger partial charge in [-0.1, -0.05) is 56.7 Å². The molecule has 1 amide bonds. The molecule has 1 aromatic heterocycles. The summed E-state index contributed by atoms with van der Waals surface area (Å²) in [5, 5.41) is 18.2. The van der Waals surface area contributed by atoms with E-state index >= 15 is 0 Å². The maximum atomic E-state index is 12.3. The minimum absolute atomic E-state index is 0.231. The Morgan fingerprint density at radius 2 is 1.83 bits per heavy atom. The summed E-state index contributed by atoms with van der Waals surface area (Å²) in [5.41, 5.74) is 0.945. The second kappa shape index (κ2) is 8.68. The number of fused-ring (bicyclic) bond motifs is 1. The lowest BCUT2D eigenvalue weighted by molar-refractivity contribution is -0.143. The molecule has 0 radical (unpaired) electrons. The minimum atomic E-state index is -1.10. The molecular weight excluding hydrogens is 370 g/mol. The molecule has 150 valence electrons. The molecule has 7 nitrogen and oxygen atoms in total. The van der Waals surface area contributed by atoms with Gasteiger partial charge < -0.3 is 10.4 Å². The highest BCUT2D eigenvalue weighted by Gasteiger charge is 2.25. The van der Waals surface area contributed by atoms with Gasteiger partial charge in [0, 0.05) is 11.6 Å². The van der Waals surface area contributed by atoms with E-state index in [2.05, 4.69) is 10.4 Å². The summed E-state index contributed by atoms with van der Waals surface area (Å²) in [7, 11) is 0. The number of rotatable bonds is 7. The van der Waals surface area contributed by atoms with E-state index in [1.807, 2.05) is 49.4 Å². The molecule has 0 saturated heterocycles. The average molecular weight is 393 g/mol. The molecule has 0 fully saturated rings. The fourth-order valence-corrected chi connectivity index (χ4v) is 3.10. The van der Waals surface area contributed by atoms with Crippen molar-refractivity contribution in [1.82, 2.24) is 15.1 Å². The minimum Gasteiger partial charge on any atom is -0.480 e. The van der Waals surface area contributed by atoms with Crippen LogP contribution in [0, 0.1) is 5.92 Å². The first-order valence-corrected chi connectivity index (χ1v) is 9.48. The fourth-order valence-electron chi connectivity index (χ4n) is 3.10. The second-order valence-electron chi connectivity index (χ2n) is 7.05. The molecule has 2 N–H and O–H groups in total. The molecule has 0 spiro atoms. The van der Waals surface area contributed by atoms with Crippen LogP contribution in [0.3, 0.4) is 0 Å². The Morgan fingerprint density at radius 1 is 1.10 bits per heavy atom. The number of hydrogen-bond donors (Lipinski definition) is 2. The highest BCUT2D eigenvalue weighted by atomic mass is 16.4. The Kier molecular flexibility index (Phi) is 6.07. The molecular formula is C22H23N3O4. The summed E-state index contributed by atoms with van der Waals surface area (Å²) < 4.78 is 1.05. The van der Waals surface area contributed by atoms with Gasteiger partial charge in [-0.05, 0) is 28.8 Å². The number of nitrogens with zero attached hydrogens (tertiary/aromatic N) is 2. The predicted molar refractivity (Wildman–Crippen MR) is 110 cm³/mol. The van der Waals surface area contributed by atoms with Crippen molar-refractivity contribution in [2.24, 2.45) is 5.92 Å². The maximum absolute atomic E-state index is 12.3. The van der Waals surface area contributed by atoms with E-state index in [4.69, 9.17) is 0 Å². The van der Waals surface area contributed by atoms with E-state index in [-0.39, 0.29) is 12.5 Å². The first-order valence-electron chi connectivity index (χ1n) is 9.48. The van der Waals surface area contributed by atoms with Gasteiger partial charge in [0.05, 0.1) is 5.69 Å². The van der Waals surface area contributed by atoms with Crippen molar-refractivity contribution in [1.29, 1.82) is 0 Å². The number of nitrogens with one attached hydrogen (secondary N) is 1. The zero-order valence-electron chi connectivity index (χ0n) is 16.3. The third kappa shape index (κ3) is 4.68. The average Bonchev–Trinajstić information content (AvgIpc) is 2.72. The normalized spacial score (nSPS) is 13.0. The molecule has 1 heterocycles. The number of carboxylic acids is 1. The highest BCUT2D eigenvalue weighted by molar-refractivity contribution is 5.87. The number of carbonyl (C=O) groups excluding carboxylic acids is 1. The van der Waals surface area contributed by atoms with Gasteiger partial charge in [0.25, 0.3) is 5.56 Å². The van der Waals surface area contributed by atoms with E-state index in [1.54, 1.807) is 13.0 Å². The lowest BCUT2D eigenvalue weighted by atomic mass is 9.99. The van der Waals surface area contributed by atoms with Crippen LogP contribution in [0.15, 0.2) is 59.4 Å². The Bertz CT molecular complexity index is 1110. The smallest absolute Gasteiger partial charge is 0.326 e. The van der Waals surface area contributed by atoms with Crippen LogP contribution in [0.25, 0.3) is 22.0 Å². The molecule has 2 atom stereocenters. The Hall–Kier alpha value is -3.48. The molecule has 0 aliphatic carbocycles. The third-order valence-corrected chi connectivity index (χ3v) is 5.00. The predicted octanol–water partition coefficient (Wildman–Crippen LogP) is 2.68. The third-order valence-electron chi connectivity index (χ3n) is 5.00. The number of benzene rings is 2. The first-order chi connectivity index (χ1) is 13.9. The summed E-state index contributed by atoms with van der Waals surface area (Å²) in [6.45, 7) is 3.26. The lowest BCUT2D eigenvalue weighted by Crippen LogP contribution is -2.47. The SMILES string of the molecule is CCC(C)C(NC(=O)Cn1nc(-c2ccc3ccccc3c2)ccc1=O)C(=O)O. The number of hydrogen-bond acceptors (Lipinski definition) is 4. The van der Waals surface area contributed by atoms with Gasteiger partial charge in [-0.15, -0.1) is 0 Å². The Balaban J connectivity index is 1.84. The van der Waals surface area contributed by atoms with E-state index < -0.39 is 23.5 Å². The highest BCUT2D eigenvalue weighted by Crippen LogP contribution is 2.22. The summed E-state index contributed by atoms with van der Waals surface area (Å²) in [5.74, 6) is -1.90. The van der Waals surface area contributed by atoms with E-state index in [1.165, 1.54) is 6.07 Å². The molecule has 2 unspecified atom stereocenters. The van der Waals surface area contributed by atoms with Crippen molar-refractivity contribution in [3.63, 3.8) is 0 Å². The van der Waals surface area contributed by atoms with E-state index in [9.17, 15) is 19.5 Å². The zero-order valence-corrected chi connectivity index (χ0v) is 16.3. The zero-order chi connectivity index (χ0) is 21.0. The maximum Gasteiger partial charge on any atom is 0.326 e. The monoisotopic (exact) mass is 393 g/mol. The van der Waals surface area contributed by atoms with Crippen LogP contribution in [-0.4, -0.2) is 32.8 Å². The Labute approximate surface area is 168 Å². The molecule has 2 aromatic carbocycles. The molecule has 3 rings (SSSR count).